The third-order valence-electron chi connectivity index (χ3n) is 5.22. The van der Waals surface area contributed by atoms with E-state index in [-0.39, 0.29) is 28.0 Å². The Morgan fingerprint density at radius 2 is 1.52 bits per heavy atom. The second-order valence-corrected chi connectivity index (χ2v) is 8.69. The minimum absolute atomic E-state index is 0.0149. The standard InChI is InChI=1S/C26H21NO5S/c1-16-9-11-17(12-10-16)33-14-13-27-22(28)15-32-26(31)21-8-4-7-20-23(21)25(30)19-6-3-2-5-18(19)24(20)29/h2-12H,13-15H2,1H3,(H,27,28). The van der Waals surface area contributed by atoms with Gasteiger partial charge in [0.05, 0.1) is 5.56 Å². The average molecular weight is 460 g/mol. The molecular formula is C26H21NO5S. The van der Waals surface area contributed by atoms with E-state index in [1.54, 1.807) is 36.0 Å². The van der Waals surface area contributed by atoms with Crippen LogP contribution in [0.15, 0.2) is 71.6 Å². The Bertz CT molecular complexity index is 1250. The molecule has 0 saturated heterocycles. The maximum Gasteiger partial charge on any atom is 0.339 e. The fourth-order valence-corrected chi connectivity index (χ4v) is 4.34. The van der Waals surface area contributed by atoms with E-state index in [0.717, 1.165) is 4.90 Å². The lowest BCUT2D eigenvalue weighted by molar-refractivity contribution is -0.124. The first kappa shape index (κ1) is 22.5. The van der Waals surface area contributed by atoms with E-state index in [4.69, 9.17) is 4.74 Å². The molecule has 7 heteroatoms. The lowest BCUT2D eigenvalue weighted by Gasteiger charge is -2.19. The van der Waals surface area contributed by atoms with Crippen LogP contribution < -0.4 is 5.32 Å². The zero-order valence-corrected chi connectivity index (χ0v) is 18.7. The molecular weight excluding hydrogens is 438 g/mol. The second-order valence-electron chi connectivity index (χ2n) is 7.52. The Kier molecular flexibility index (Phi) is 6.70. The summed E-state index contributed by atoms with van der Waals surface area (Å²) in [5, 5.41) is 2.70. The predicted molar refractivity (Wildman–Crippen MR) is 125 cm³/mol. The van der Waals surface area contributed by atoms with Gasteiger partial charge >= 0.3 is 5.97 Å². The number of hydrogen-bond acceptors (Lipinski definition) is 6. The first-order valence-electron chi connectivity index (χ1n) is 10.4. The summed E-state index contributed by atoms with van der Waals surface area (Å²) < 4.78 is 5.13. The summed E-state index contributed by atoms with van der Waals surface area (Å²) in [7, 11) is 0. The number of aryl methyl sites for hydroxylation is 1. The Hall–Kier alpha value is -3.71. The van der Waals surface area contributed by atoms with Crippen molar-refractivity contribution in [3.8, 4) is 0 Å². The highest BCUT2D eigenvalue weighted by molar-refractivity contribution is 7.99. The molecule has 166 valence electrons. The van der Waals surface area contributed by atoms with Crippen molar-refractivity contribution < 1.29 is 23.9 Å². The van der Waals surface area contributed by atoms with Crippen molar-refractivity contribution in [3.05, 3.63) is 100 Å². The molecule has 0 heterocycles. The van der Waals surface area contributed by atoms with Crippen LogP contribution in [0.2, 0.25) is 0 Å². The van der Waals surface area contributed by atoms with Crippen LogP contribution in [0.1, 0.15) is 47.8 Å². The molecule has 0 atom stereocenters. The molecule has 33 heavy (non-hydrogen) atoms. The SMILES string of the molecule is Cc1ccc(SCCNC(=O)COC(=O)c2cccc3c2C(=O)c2ccccc2C3=O)cc1. The number of ether oxygens (including phenoxy) is 1. The van der Waals surface area contributed by atoms with Gasteiger partial charge in [-0.2, -0.15) is 0 Å². The number of benzene rings is 3. The number of carbonyl (C=O) groups excluding carboxylic acids is 4. The fourth-order valence-electron chi connectivity index (χ4n) is 3.57. The van der Waals surface area contributed by atoms with E-state index in [1.807, 2.05) is 31.2 Å². The van der Waals surface area contributed by atoms with E-state index in [2.05, 4.69) is 5.32 Å². The molecule has 3 aromatic carbocycles. The zero-order valence-electron chi connectivity index (χ0n) is 17.9. The normalized spacial score (nSPS) is 12.0. The number of ketones is 2. The molecule has 0 fully saturated rings. The van der Waals surface area contributed by atoms with Crippen LogP contribution in [0, 0.1) is 6.92 Å². The highest BCUT2D eigenvalue weighted by Crippen LogP contribution is 2.29. The molecule has 0 radical (unpaired) electrons. The van der Waals surface area contributed by atoms with Gasteiger partial charge in [-0.25, -0.2) is 4.79 Å². The molecule has 1 amide bonds. The molecule has 0 aromatic heterocycles. The quantitative estimate of drug-likeness (QED) is 0.257. The third kappa shape index (κ3) is 4.88. The smallest absolute Gasteiger partial charge is 0.339 e. The van der Waals surface area contributed by atoms with Gasteiger partial charge in [0.1, 0.15) is 0 Å². The van der Waals surface area contributed by atoms with Gasteiger partial charge in [-0.3, -0.25) is 14.4 Å². The number of carbonyl (C=O) groups is 4. The summed E-state index contributed by atoms with van der Waals surface area (Å²) in [5.41, 5.74) is 1.89. The molecule has 1 aliphatic carbocycles. The van der Waals surface area contributed by atoms with Gasteiger partial charge in [-0.1, -0.05) is 54.1 Å². The Morgan fingerprint density at radius 1 is 0.848 bits per heavy atom. The van der Waals surface area contributed by atoms with Crippen molar-refractivity contribution in [2.24, 2.45) is 0 Å². The minimum Gasteiger partial charge on any atom is -0.452 e. The van der Waals surface area contributed by atoms with E-state index >= 15 is 0 Å². The van der Waals surface area contributed by atoms with E-state index in [1.165, 1.54) is 23.8 Å². The van der Waals surface area contributed by atoms with Crippen molar-refractivity contribution >= 4 is 35.2 Å². The number of rotatable bonds is 7. The van der Waals surface area contributed by atoms with E-state index in [9.17, 15) is 19.2 Å². The topological polar surface area (TPSA) is 89.5 Å². The molecule has 6 nitrogen and oxygen atoms in total. The van der Waals surface area contributed by atoms with Crippen LogP contribution in [-0.4, -0.2) is 42.3 Å². The summed E-state index contributed by atoms with van der Waals surface area (Å²) in [4.78, 5) is 51.6. The number of amides is 1. The predicted octanol–water partition coefficient (Wildman–Crippen LogP) is 3.84. The van der Waals surface area contributed by atoms with Crippen molar-refractivity contribution in [2.45, 2.75) is 11.8 Å². The molecule has 0 unspecified atom stereocenters. The Labute approximate surface area is 195 Å². The van der Waals surface area contributed by atoms with E-state index in [0.29, 0.717) is 17.9 Å². The van der Waals surface area contributed by atoms with Crippen LogP contribution in [0.5, 0.6) is 0 Å². The van der Waals surface area contributed by atoms with Crippen molar-refractivity contribution in [3.63, 3.8) is 0 Å². The first-order chi connectivity index (χ1) is 16.0. The van der Waals surface area contributed by atoms with Gasteiger partial charge in [-0.05, 0) is 25.1 Å². The lowest BCUT2D eigenvalue weighted by atomic mass is 9.82. The molecule has 3 aromatic rings. The van der Waals surface area contributed by atoms with Crippen molar-refractivity contribution in [1.29, 1.82) is 0 Å². The van der Waals surface area contributed by atoms with Crippen LogP contribution in [0.3, 0.4) is 0 Å². The third-order valence-corrected chi connectivity index (χ3v) is 6.23. The summed E-state index contributed by atoms with van der Waals surface area (Å²) in [5.74, 6) is -1.32. The Morgan fingerprint density at radius 3 is 2.24 bits per heavy atom. The average Bonchev–Trinajstić information content (AvgIpc) is 2.84. The van der Waals surface area contributed by atoms with Gasteiger partial charge in [0.15, 0.2) is 18.2 Å². The molecule has 1 aliphatic rings. The van der Waals surface area contributed by atoms with Crippen molar-refractivity contribution in [2.75, 3.05) is 18.9 Å². The van der Waals surface area contributed by atoms with Crippen LogP contribution in [0.4, 0.5) is 0 Å². The highest BCUT2D eigenvalue weighted by Gasteiger charge is 2.33. The van der Waals surface area contributed by atoms with Crippen LogP contribution >= 0.6 is 11.8 Å². The van der Waals surface area contributed by atoms with Crippen LogP contribution in [0.25, 0.3) is 0 Å². The summed E-state index contributed by atoms with van der Waals surface area (Å²) in [6, 6.07) is 19.1. The van der Waals surface area contributed by atoms with E-state index < -0.39 is 24.3 Å². The van der Waals surface area contributed by atoms with Gasteiger partial charge in [-0.15, -0.1) is 11.8 Å². The lowest BCUT2D eigenvalue weighted by Crippen LogP contribution is -2.31. The minimum atomic E-state index is -0.823. The summed E-state index contributed by atoms with van der Waals surface area (Å²) in [6.07, 6.45) is 0. The maximum absolute atomic E-state index is 13.0. The molecule has 4 rings (SSSR count). The largest absolute Gasteiger partial charge is 0.452 e. The molecule has 0 saturated carbocycles. The fraction of sp³-hybridized carbons (Fsp3) is 0.154. The molecule has 1 N–H and O–H groups in total. The second kappa shape index (κ2) is 9.83. The number of hydrogen-bond donors (Lipinski definition) is 1. The van der Waals surface area contributed by atoms with Crippen LogP contribution in [-0.2, 0) is 9.53 Å². The Balaban J connectivity index is 1.35. The highest BCUT2D eigenvalue weighted by atomic mass is 32.2. The van der Waals surface area contributed by atoms with Crippen molar-refractivity contribution in [1.82, 2.24) is 5.32 Å². The summed E-state index contributed by atoms with van der Waals surface area (Å²) >= 11 is 1.61. The monoisotopic (exact) mass is 459 g/mol. The zero-order chi connectivity index (χ0) is 23.4. The summed E-state index contributed by atoms with van der Waals surface area (Å²) in [6.45, 7) is 1.96. The van der Waals surface area contributed by atoms with Gasteiger partial charge in [0, 0.05) is 39.4 Å². The molecule has 0 aliphatic heterocycles. The first-order valence-corrected chi connectivity index (χ1v) is 11.4. The van der Waals surface area contributed by atoms with Gasteiger partial charge < -0.3 is 10.1 Å². The molecule has 0 bridgehead atoms. The number of esters is 1. The number of nitrogens with one attached hydrogen (secondary N) is 1. The van der Waals surface area contributed by atoms with Gasteiger partial charge in [0.2, 0.25) is 0 Å². The number of thioether (sulfide) groups is 1. The maximum atomic E-state index is 13.0. The molecule has 0 spiro atoms. The number of fused-ring (bicyclic) bond motifs is 2. The van der Waals surface area contributed by atoms with Gasteiger partial charge in [0.25, 0.3) is 5.91 Å².